The van der Waals surface area contributed by atoms with Gasteiger partial charge in [0, 0.05) is 6.54 Å². The fraction of sp³-hybridized carbons (Fsp3) is 0.833. The van der Waals surface area contributed by atoms with Gasteiger partial charge in [0.25, 0.3) is 0 Å². The van der Waals surface area contributed by atoms with E-state index in [4.69, 9.17) is 5.11 Å². The Morgan fingerprint density at radius 3 is 2.36 bits per heavy atom. The standard InChI is InChI=1S/C6H8F3NO3.ClH/c7-6(8,9)4-1-10-3(2-13-4)5(11)12;/h3-4,10H,1-2H2,(H,11,12);1H/t3-,4+;/m0./s1. The highest BCUT2D eigenvalue weighted by Crippen LogP contribution is 2.24. The second-order valence-electron chi connectivity index (χ2n) is 2.66. The number of nitrogens with one attached hydrogen (secondary N) is 1. The van der Waals surface area contributed by atoms with E-state index < -0.39 is 37.4 Å². The normalized spacial score (nSPS) is 27.9. The van der Waals surface area contributed by atoms with E-state index >= 15 is 0 Å². The molecule has 0 spiro atoms. The van der Waals surface area contributed by atoms with E-state index in [1.165, 1.54) is 0 Å². The minimum atomic E-state index is -4.43. The summed E-state index contributed by atoms with van der Waals surface area (Å²) in [6.45, 7) is -0.972. The molecule has 0 aromatic rings. The summed E-state index contributed by atoms with van der Waals surface area (Å²) in [5, 5.41) is 10.6. The molecule has 2 N–H and O–H groups in total. The Morgan fingerprint density at radius 1 is 1.50 bits per heavy atom. The van der Waals surface area contributed by atoms with Gasteiger partial charge in [-0.2, -0.15) is 13.2 Å². The predicted molar refractivity (Wildman–Crippen MR) is 42.5 cm³/mol. The van der Waals surface area contributed by atoms with Crippen LogP contribution in [0.2, 0.25) is 0 Å². The number of ether oxygens (including phenoxy) is 1. The Labute approximate surface area is 83.8 Å². The predicted octanol–water partition coefficient (Wildman–Crippen LogP) is 0.412. The molecule has 4 nitrogen and oxygen atoms in total. The third kappa shape index (κ3) is 3.32. The van der Waals surface area contributed by atoms with Crippen molar-refractivity contribution in [3.8, 4) is 0 Å². The van der Waals surface area contributed by atoms with Gasteiger partial charge in [-0.1, -0.05) is 0 Å². The van der Waals surface area contributed by atoms with Gasteiger partial charge in [-0.3, -0.25) is 10.1 Å². The molecule has 1 saturated heterocycles. The Bertz CT molecular complexity index is 203. The number of halogens is 4. The molecule has 0 aliphatic carbocycles. The SMILES string of the molecule is Cl.O=C(O)[C@@H]1CO[C@@H](C(F)(F)F)CN1. The van der Waals surface area contributed by atoms with Crippen LogP contribution < -0.4 is 5.32 Å². The third-order valence-electron chi connectivity index (χ3n) is 1.68. The fourth-order valence-corrected chi connectivity index (χ4v) is 0.948. The molecule has 0 bridgehead atoms. The molecule has 0 unspecified atom stereocenters. The second-order valence-corrected chi connectivity index (χ2v) is 2.66. The average Bonchev–Trinajstić information content (AvgIpc) is 2.03. The number of alkyl halides is 3. The van der Waals surface area contributed by atoms with Crippen molar-refractivity contribution in [1.82, 2.24) is 5.32 Å². The molecule has 1 rings (SSSR count). The Hall–Kier alpha value is -0.530. The maximum absolute atomic E-state index is 12.0. The summed E-state index contributed by atoms with van der Waals surface area (Å²) in [7, 11) is 0. The number of hydrogen-bond acceptors (Lipinski definition) is 3. The van der Waals surface area contributed by atoms with Crippen LogP contribution in [0.25, 0.3) is 0 Å². The second kappa shape index (κ2) is 4.81. The fourth-order valence-electron chi connectivity index (χ4n) is 0.948. The summed E-state index contributed by atoms with van der Waals surface area (Å²) in [5.74, 6) is -1.21. The van der Waals surface area contributed by atoms with Gasteiger partial charge in [0.1, 0.15) is 6.04 Å². The number of carboxylic acids is 1. The van der Waals surface area contributed by atoms with Gasteiger partial charge in [0.2, 0.25) is 0 Å². The van der Waals surface area contributed by atoms with Crippen LogP contribution in [0, 0.1) is 0 Å². The number of carbonyl (C=O) groups is 1. The van der Waals surface area contributed by atoms with Crippen molar-refractivity contribution >= 4 is 18.4 Å². The first-order chi connectivity index (χ1) is 5.91. The Kier molecular flexibility index (Phi) is 4.63. The maximum Gasteiger partial charge on any atom is 0.415 e. The molecular weight excluding hydrogens is 227 g/mol. The topological polar surface area (TPSA) is 58.6 Å². The van der Waals surface area contributed by atoms with E-state index in [0.717, 1.165) is 0 Å². The van der Waals surface area contributed by atoms with E-state index in [1.54, 1.807) is 0 Å². The maximum atomic E-state index is 12.0. The lowest BCUT2D eigenvalue weighted by Gasteiger charge is -2.29. The molecule has 14 heavy (non-hydrogen) atoms. The van der Waals surface area contributed by atoms with Gasteiger partial charge in [0.05, 0.1) is 6.61 Å². The quantitative estimate of drug-likeness (QED) is 0.691. The summed E-state index contributed by atoms with van der Waals surface area (Å²) in [4.78, 5) is 10.3. The highest BCUT2D eigenvalue weighted by atomic mass is 35.5. The van der Waals surface area contributed by atoms with Gasteiger partial charge in [-0.05, 0) is 0 Å². The van der Waals surface area contributed by atoms with Crippen LogP contribution in [0.5, 0.6) is 0 Å². The van der Waals surface area contributed by atoms with Gasteiger partial charge < -0.3 is 9.84 Å². The zero-order valence-electron chi connectivity index (χ0n) is 6.87. The summed E-state index contributed by atoms with van der Waals surface area (Å²) in [6.07, 6.45) is -6.33. The summed E-state index contributed by atoms with van der Waals surface area (Å²) in [5.41, 5.74) is 0. The van der Waals surface area contributed by atoms with Crippen molar-refractivity contribution in [2.24, 2.45) is 0 Å². The molecule has 0 aromatic heterocycles. The third-order valence-corrected chi connectivity index (χ3v) is 1.68. The summed E-state index contributed by atoms with van der Waals surface area (Å²) < 4.78 is 40.2. The molecule has 0 saturated carbocycles. The zero-order valence-corrected chi connectivity index (χ0v) is 7.69. The van der Waals surface area contributed by atoms with Crippen LogP contribution in [-0.4, -0.2) is 42.5 Å². The van der Waals surface area contributed by atoms with Crippen molar-refractivity contribution in [3.63, 3.8) is 0 Å². The largest absolute Gasteiger partial charge is 0.480 e. The highest BCUT2D eigenvalue weighted by molar-refractivity contribution is 5.85. The van der Waals surface area contributed by atoms with Crippen LogP contribution in [0.3, 0.4) is 0 Å². The average molecular weight is 236 g/mol. The number of rotatable bonds is 1. The Morgan fingerprint density at radius 2 is 2.07 bits per heavy atom. The van der Waals surface area contributed by atoms with E-state index in [2.05, 4.69) is 10.1 Å². The summed E-state index contributed by atoms with van der Waals surface area (Å²) in [6, 6.07) is -1.04. The lowest BCUT2D eigenvalue weighted by atomic mass is 10.2. The Balaban J connectivity index is 0.00000169. The van der Waals surface area contributed by atoms with Gasteiger partial charge in [-0.25, -0.2) is 0 Å². The molecule has 1 aliphatic heterocycles. The van der Waals surface area contributed by atoms with Gasteiger partial charge in [-0.15, -0.1) is 12.4 Å². The molecule has 0 amide bonds. The molecule has 1 heterocycles. The molecular formula is C6H9ClF3NO3. The summed E-state index contributed by atoms with van der Waals surface area (Å²) >= 11 is 0. The molecule has 84 valence electrons. The van der Waals surface area contributed by atoms with Crippen LogP contribution >= 0.6 is 12.4 Å². The molecule has 0 radical (unpaired) electrons. The van der Waals surface area contributed by atoms with Crippen molar-refractivity contribution in [3.05, 3.63) is 0 Å². The van der Waals surface area contributed by atoms with Crippen molar-refractivity contribution in [2.75, 3.05) is 13.2 Å². The van der Waals surface area contributed by atoms with E-state index in [1.807, 2.05) is 0 Å². The monoisotopic (exact) mass is 235 g/mol. The van der Waals surface area contributed by atoms with Crippen LogP contribution in [0.4, 0.5) is 13.2 Å². The smallest absolute Gasteiger partial charge is 0.415 e. The van der Waals surface area contributed by atoms with E-state index in [9.17, 15) is 18.0 Å². The van der Waals surface area contributed by atoms with E-state index in [0.29, 0.717) is 0 Å². The van der Waals surface area contributed by atoms with Crippen molar-refractivity contribution in [1.29, 1.82) is 0 Å². The zero-order chi connectivity index (χ0) is 10.1. The number of aliphatic carboxylic acids is 1. The molecule has 1 fully saturated rings. The van der Waals surface area contributed by atoms with Crippen molar-refractivity contribution < 1.29 is 27.8 Å². The first-order valence-corrected chi connectivity index (χ1v) is 3.56. The molecule has 2 atom stereocenters. The minimum absolute atomic E-state index is 0. The van der Waals surface area contributed by atoms with Gasteiger partial charge in [0.15, 0.2) is 6.10 Å². The van der Waals surface area contributed by atoms with Gasteiger partial charge >= 0.3 is 12.1 Å². The van der Waals surface area contributed by atoms with Crippen LogP contribution in [0.1, 0.15) is 0 Å². The highest BCUT2D eigenvalue weighted by Gasteiger charge is 2.43. The van der Waals surface area contributed by atoms with Crippen LogP contribution in [-0.2, 0) is 9.53 Å². The van der Waals surface area contributed by atoms with Crippen LogP contribution in [0.15, 0.2) is 0 Å². The number of hydrogen-bond donors (Lipinski definition) is 2. The lowest BCUT2D eigenvalue weighted by Crippen LogP contribution is -2.54. The first kappa shape index (κ1) is 13.5. The first-order valence-electron chi connectivity index (χ1n) is 3.56. The minimum Gasteiger partial charge on any atom is -0.480 e. The molecule has 0 aromatic carbocycles. The lowest BCUT2D eigenvalue weighted by molar-refractivity contribution is -0.229. The molecule has 8 heteroatoms. The number of carboxylic acid groups (broad SMARTS) is 1. The number of morpholine rings is 1. The van der Waals surface area contributed by atoms with E-state index in [-0.39, 0.29) is 12.4 Å². The molecule has 1 aliphatic rings. The van der Waals surface area contributed by atoms with Crippen molar-refractivity contribution in [2.45, 2.75) is 18.3 Å².